The lowest BCUT2D eigenvalue weighted by Gasteiger charge is -2.20. The van der Waals surface area contributed by atoms with Crippen LogP contribution in [0.3, 0.4) is 0 Å². The molecule has 6 heteroatoms. The molecule has 3 rings (SSSR count). The number of aryl methyl sites for hydroxylation is 2. The zero-order chi connectivity index (χ0) is 17.1. The van der Waals surface area contributed by atoms with Gasteiger partial charge in [0.1, 0.15) is 0 Å². The lowest BCUT2D eigenvalue weighted by Crippen LogP contribution is -2.30. The summed E-state index contributed by atoms with van der Waals surface area (Å²) in [5.41, 5.74) is 3.60. The fourth-order valence-electron chi connectivity index (χ4n) is 2.59. The number of nitrogens with zero attached hydrogens (tertiary/aromatic N) is 4. The van der Waals surface area contributed by atoms with Gasteiger partial charge < -0.3 is 4.90 Å². The molecule has 5 nitrogen and oxygen atoms in total. The molecule has 2 heterocycles. The van der Waals surface area contributed by atoms with E-state index < -0.39 is 0 Å². The monoisotopic (exact) mass is 340 g/mol. The fraction of sp³-hybridized carbons (Fsp3) is 0.278. The Bertz CT molecular complexity index is 852. The number of rotatable bonds is 5. The predicted octanol–water partition coefficient (Wildman–Crippen LogP) is 3.51. The van der Waals surface area contributed by atoms with E-state index in [4.69, 9.17) is 0 Å². The van der Waals surface area contributed by atoms with E-state index in [0.717, 1.165) is 21.8 Å². The minimum absolute atomic E-state index is 0.0233. The van der Waals surface area contributed by atoms with Crippen LogP contribution in [0.2, 0.25) is 0 Å². The van der Waals surface area contributed by atoms with Crippen LogP contribution in [0.5, 0.6) is 0 Å². The van der Waals surface area contributed by atoms with Crippen LogP contribution in [-0.2, 0) is 13.6 Å². The van der Waals surface area contributed by atoms with Crippen molar-refractivity contribution in [2.75, 3.05) is 6.54 Å². The van der Waals surface area contributed by atoms with Crippen molar-refractivity contribution in [1.29, 1.82) is 0 Å². The van der Waals surface area contributed by atoms with Gasteiger partial charge in [0.15, 0.2) is 0 Å². The van der Waals surface area contributed by atoms with Gasteiger partial charge in [-0.2, -0.15) is 5.10 Å². The fourth-order valence-corrected chi connectivity index (χ4v) is 3.21. The number of carbonyl (C=O) groups is 1. The van der Waals surface area contributed by atoms with Crippen LogP contribution in [0, 0.1) is 6.92 Å². The van der Waals surface area contributed by atoms with Crippen LogP contribution in [0.25, 0.3) is 11.3 Å². The second kappa shape index (κ2) is 6.97. The SMILES string of the molecule is CCN(Cc1cnn(C)c1)C(=O)c1cccc(-c2csc(C)n2)c1. The second-order valence-corrected chi connectivity index (χ2v) is 6.74. The molecule has 0 radical (unpaired) electrons. The number of thiazole rings is 1. The Morgan fingerprint density at radius 1 is 1.38 bits per heavy atom. The van der Waals surface area contributed by atoms with E-state index in [1.807, 2.05) is 61.6 Å². The largest absolute Gasteiger partial charge is 0.334 e. The van der Waals surface area contributed by atoms with Crippen molar-refractivity contribution in [2.45, 2.75) is 20.4 Å². The van der Waals surface area contributed by atoms with Gasteiger partial charge in [-0.15, -0.1) is 11.3 Å². The van der Waals surface area contributed by atoms with Gasteiger partial charge in [0, 0.05) is 48.4 Å². The first-order chi connectivity index (χ1) is 11.6. The van der Waals surface area contributed by atoms with Crippen molar-refractivity contribution < 1.29 is 4.79 Å². The molecule has 124 valence electrons. The molecule has 0 unspecified atom stereocenters. The van der Waals surface area contributed by atoms with E-state index in [2.05, 4.69) is 10.1 Å². The van der Waals surface area contributed by atoms with Crippen molar-refractivity contribution in [1.82, 2.24) is 19.7 Å². The Morgan fingerprint density at radius 2 is 2.21 bits per heavy atom. The number of aromatic nitrogens is 3. The molecule has 0 saturated carbocycles. The number of hydrogen-bond acceptors (Lipinski definition) is 4. The summed E-state index contributed by atoms with van der Waals surface area (Å²) in [5.74, 6) is 0.0233. The lowest BCUT2D eigenvalue weighted by molar-refractivity contribution is 0.0752. The molecule has 3 aromatic rings. The highest BCUT2D eigenvalue weighted by Crippen LogP contribution is 2.23. The first-order valence-corrected chi connectivity index (χ1v) is 8.74. The summed E-state index contributed by atoms with van der Waals surface area (Å²) >= 11 is 1.61. The number of benzene rings is 1. The molecule has 0 fully saturated rings. The quantitative estimate of drug-likeness (QED) is 0.714. The van der Waals surface area contributed by atoms with Crippen LogP contribution in [0.15, 0.2) is 42.0 Å². The molecule has 0 spiro atoms. The summed E-state index contributed by atoms with van der Waals surface area (Å²) in [7, 11) is 1.88. The van der Waals surface area contributed by atoms with Gasteiger partial charge in [-0.1, -0.05) is 12.1 Å². The van der Waals surface area contributed by atoms with Gasteiger partial charge in [0.25, 0.3) is 5.91 Å². The third kappa shape index (κ3) is 3.54. The van der Waals surface area contributed by atoms with Crippen molar-refractivity contribution >= 4 is 17.2 Å². The Morgan fingerprint density at radius 3 is 2.83 bits per heavy atom. The van der Waals surface area contributed by atoms with E-state index in [0.29, 0.717) is 18.7 Å². The normalized spacial score (nSPS) is 10.8. The molecule has 0 aliphatic rings. The Balaban J connectivity index is 1.82. The maximum absolute atomic E-state index is 12.9. The Kier molecular flexibility index (Phi) is 4.76. The van der Waals surface area contributed by atoms with Gasteiger partial charge in [0.2, 0.25) is 0 Å². The number of hydrogen-bond donors (Lipinski definition) is 0. The zero-order valence-corrected chi connectivity index (χ0v) is 14.9. The lowest BCUT2D eigenvalue weighted by atomic mass is 10.1. The van der Waals surface area contributed by atoms with E-state index in [-0.39, 0.29) is 5.91 Å². The second-order valence-electron chi connectivity index (χ2n) is 5.67. The third-order valence-electron chi connectivity index (χ3n) is 3.83. The van der Waals surface area contributed by atoms with Crippen LogP contribution in [0.4, 0.5) is 0 Å². The van der Waals surface area contributed by atoms with Crippen LogP contribution in [0.1, 0.15) is 27.9 Å². The summed E-state index contributed by atoms with van der Waals surface area (Å²) in [6, 6.07) is 7.68. The van der Waals surface area contributed by atoms with Gasteiger partial charge in [0.05, 0.1) is 16.9 Å². The molecule has 0 N–H and O–H groups in total. The van der Waals surface area contributed by atoms with Crippen LogP contribution >= 0.6 is 11.3 Å². The minimum atomic E-state index is 0.0233. The highest BCUT2D eigenvalue weighted by Gasteiger charge is 2.16. The van der Waals surface area contributed by atoms with Crippen molar-refractivity contribution in [3.63, 3.8) is 0 Å². The molecule has 1 amide bonds. The van der Waals surface area contributed by atoms with Gasteiger partial charge in [-0.05, 0) is 26.0 Å². The van der Waals surface area contributed by atoms with E-state index >= 15 is 0 Å². The molecule has 24 heavy (non-hydrogen) atoms. The first-order valence-electron chi connectivity index (χ1n) is 7.86. The summed E-state index contributed by atoms with van der Waals surface area (Å²) in [5, 5.41) is 7.21. The highest BCUT2D eigenvalue weighted by atomic mass is 32.1. The average Bonchev–Trinajstić information content (AvgIpc) is 3.20. The molecule has 1 aromatic carbocycles. The molecule has 0 aliphatic heterocycles. The molecular formula is C18H20N4OS. The zero-order valence-electron chi connectivity index (χ0n) is 14.1. The summed E-state index contributed by atoms with van der Waals surface area (Å²) in [6.45, 7) is 5.18. The molecule has 0 saturated heterocycles. The van der Waals surface area contributed by atoms with Crippen molar-refractivity contribution in [3.8, 4) is 11.3 Å². The number of carbonyl (C=O) groups excluding carboxylic acids is 1. The van der Waals surface area contributed by atoms with Gasteiger partial charge in [-0.25, -0.2) is 4.98 Å². The first kappa shape index (κ1) is 16.4. The molecule has 0 atom stereocenters. The van der Waals surface area contributed by atoms with Gasteiger partial charge >= 0.3 is 0 Å². The topological polar surface area (TPSA) is 51.0 Å². The van der Waals surface area contributed by atoms with Crippen LogP contribution in [-0.4, -0.2) is 32.1 Å². The smallest absolute Gasteiger partial charge is 0.254 e. The van der Waals surface area contributed by atoms with Crippen molar-refractivity contribution in [3.05, 3.63) is 58.2 Å². The average molecular weight is 340 g/mol. The molecule has 2 aromatic heterocycles. The predicted molar refractivity (Wildman–Crippen MR) is 95.9 cm³/mol. The molecular weight excluding hydrogens is 320 g/mol. The minimum Gasteiger partial charge on any atom is -0.334 e. The summed E-state index contributed by atoms with van der Waals surface area (Å²) < 4.78 is 1.75. The van der Waals surface area contributed by atoms with Crippen molar-refractivity contribution in [2.24, 2.45) is 7.05 Å². The maximum Gasteiger partial charge on any atom is 0.254 e. The highest BCUT2D eigenvalue weighted by molar-refractivity contribution is 7.09. The number of amides is 1. The summed E-state index contributed by atoms with van der Waals surface area (Å²) in [6.07, 6.45) is 3.73. The molecule has 0 bridgehead atoms. The summed E-state index contributed by atoms with van der Waals surface area (Å²) in [4.78, 5) is 19.2. The molecule has 0 aliphatic carbocycles. The van der Waals surface area contributed by atoms with E-state index in [1.54, 1.807) is 22.2 Å². The Labute approximate surface area is 145 Å². The Hall–Kier alpha value is -2.47. The van der Waals surface area contributed by atoms with E-state index in [9.17, 15) is 4.79 Å². The van der Waals surface area contributed by atoms with E-state index in [1.165, 1.54) is 0 Å². The third-order valence-corrected chi connectivity index (χ3v) is 4.60. The van der Waals surface area contributed by atoms with Crippen LogP contribution < -0.4 is 0 Å². The standard InChI is InChI=1S/C18H20N4OS/c1-4-22(11-14-9-19-21(3)10-14)18(23)16-7-5-6-15(8-16)17-12-24-13(2)20-17/h5-10,12H,4,11H2,1-3H3. The maximum atomic E-state index is 12.9. The van der Waals surface area contributed by atoms with Gasteiger partial charge in [-0.3, -0.25) is 9.48 Å².